The molecule has 1 aromatic rings. The van der Waals surface area contributed by atoms with Crippen molar-refractivity contribution in [3.05, 3.63) is 27.9 Å². The fourth-order valence-corrected chi connectivity index (χ4v) is 0.975. The van der Waals surface area contributed by atoms with E-state index in [1.54, 1.807) is 12.1 Å². The van der Waals surface area contributed by atoms with Crippen LogP contribution in [0.2, 0.25) is 5.15 Å². The maximum atomic E-state index is 5.67. The first-order valence-electron chi connectivity index (χ1n) is 3.50. The van der Waals surface area contributed by atoms with Crippen molar-refractivity contribution in [3.63, 3.8) is 0 Å². The van der Waals surface area contributed by atoms with Gasteiger partial charge in [-0.2, -0.15) is 0 Å². The molecule has 0 fully saturated rings. The molecular weight excluding hydrogens is 188 g/mol. The number of nitrogens with two attached hydrogens (primary N) is 2. The summed E-state index contributed by atoms with van der Waals surface area (Å²) in [5.41, 5.74) is 10.6. The molecule has 68 valence electrons. The zero-order valence-electron chi connectivity index (χ0n) is 6.87. The summed E-state index contributed by atoms with van der Waals surface area (Å²) in [6.45, 7) is 3.73. The SMILES string of the molecule is C=c1ccc(Cl)n/c1=C(N)/N=C\N. The van der Waals surface area contributed by atoms with Crippen LogP contribution in [0.4, 0.5) is 0 Å². The Labute approximate surface area is 80.2 Å². The first kappa shape index (κ1) is 9.54. The van der Waals surface area contributed by atoms with E-state index in [0.29, 0.717) is 15.7 Å². The van der Waals surface area contributed by atoms with Gasteiger partial charge in [-0.25, -0.2) is 9.98 Å². The van der Waals surface area contributed by atoms with Gasteiger partial charge < -0.3 is 11.5 Å². The highest BCUT2D eigenvalue weighted by molar-refractivity contribution is 6.29. The molecule has 0 saturated heterocycles. The molecule has 5 heteroatoms. The van der Waals surface area contributed by atoms with Crippen LogP contribution < -0.4 is 22.0 Å². The second-order valence-corrected chi connectivity index (χ2v) is 2.69. The smallest absolute Gasteiger partial charge is 0.151 e. The van der Waals surface area contributed by atoms with Crippen LogP contribution in [-0.4, -0.2) is 11.3 Å². The van der Waals surface area contributed by atoms with Crippen LogP contribution in [0.15, 0.2) is 17.1 Å². The number of halogens is 1. The zero-order valence-corrected chi connectivity index (χ0v) is 7.62. The van der Waals surface area contributed by atoms with Crippen LogP contribution in [0.3, 0.4) is 0 Å². The molecule has 0 radical (unpaired) electrons. The van der Waals surface area contributed by atoms with E-state index in [1.807, 2.05) is 0 Å². The predicted octanol–water partition coefficient (Wildman–Crippen LogP) is -0.843. The summed E-state index contributed by atoms with van der Waals surface area (Å²) in [5.74, 6) is 0.204. The van der Waals surface area contributed by atoms with Crippen molar-refractivity contribution < 1.29 is 0 Å². The summed E-state index contributed by atoms with van der Waals surface area (Å²) in [5, 5.41) is 1.46. The molecule has 0 aromatic carbocycles. The quantitative estimate of drug-likeness (QED) is 0.349. The molecule has 0 unspecified atom stereocenters. The molecule has 0 atom stereocenters. The maximum absolute atomic E-state index is 5.67. The minimum atomic E-state index is 0.204. The highest BCUT2D eigenvalue weighted by Gasteiger charge is 1.93. The molecular formula is C8H9ClN4. The number of aromatic nitrogens is 1. The molecule has 4 nitrogen and oxygen atoms in total. The maximum Gasteiger partial charge on any atom is 0.151 e. The molecule has 0 spiro atoms. The van der Waals surface area contributed by atoms with Gasteiger partial charge >= 0.3 is 0 Å². The average Bonchev–Trinajstić information content (AvgIpc) is 2.09. The third kappa shape index (κ3) is 2.19. The van der Waals surface area contributed by atoms with Gasteiger partial charge in [0.05, 0.1) is 6.34 Å². The Hall–Kier alpha value is -1.55. The van der Waals surface area contributed by atoms with Gasteiger partial charge in [0.15, 0.2) is 5.82 Å². The topological polar surface area (TPSA) is 77.3 Å². The molecule has 4 N–H and O–H groups in total. The van der Waals surface area contributed by atoms with E-state index in [-0.39, 0.29) is 5.82 Å². The van der Waals surface area contributed by atoms with Crippen molar-refractivity contribution in [3.8, 4) is 0 Å². The minimum Gasteiger partial charge on any atom is -0.390 e. The average molecular weight is 197 g/mol. The minimum absolute atomic E-state index is 0.204. The van der Waals surface area contributed by atoms with E-state index < -0.39 is 0 Å². The third-order valence-electron chi connectivity index (χ3n) is 1.40. The van der Waals surface area contributed by atoms with E-state index in [9.17, 15) is 0 Å². The van der Waals surface area contributed by atoms with Crippen LogP contribution in [0.1, 0.15) is 0 Å². The van der Waals surface area contributed by atoms with Gasteiger partial charge in [0.1, 0.15) is 10.5 Å². The standard InChI is InChI=1S/C8H9ClN4/c1-5-2-3-6(9)13-7(5)8(11)12-4-10/h2-4H,1,11H2,(H2,10,12)/b8-7+. The molecule has 0 saturated carbocycles. The van der Waals surface area contributed by atoms with Gasteiger partial charge in [0, 0.05) is 0 Å². The van der Waals surface area contributed by atoms with Crippen molar-refractivity contribution in [2.75, 3.05) is 0 Å². The van der Waals surface area contributed by atoms with Gasteiger partial charge in [-0.1, -0.05) is 24.2 Å². The van der Waals surface area contributed by atoms with E-state index in [0.717, 1.165) is 6.34 Å². The van der Waals surface area contributed by atoms with Gasteiger partial charge in [0.25, 0.3) is 0 Å². The second kappa shape index (κ2) is 3.91. The number of rotatable bonds is 1. The highest BCUT2D eigenvalue weighted by atomic mass is 35.5. The van der Waals surface area contributed by atoms with E-state index >= 15 is 0 Å². The summed E-state index contributed by atoms with van der Waals surface area (Å²) in [7, 11) is 0. The number of hydrogen-bond acceptors (Lipinski definition) is 3. The molecule has 0 bridgehead atoms. The normalized spacial score (nSPS) is 13.3. The Balaban J connectivity index is 3.52. The van der Waals surface area contributed by atoms with Gasteiger partial charge in [-0.3, -0.25) is 0 Å². The van der Waals surface area contributed by atoms with Crippen molar-refractivity contribution in [2.24, 2.45) is 16.5 Å². The fraction of sp³-hybridized carbons (Fsp3) is 0. The van der Waals surface area contributed by atoms with Crippen molar-refractivity contribution in [2.45, 2.75) is 0 Å². The Morgan fingerprint density at radius 3 is 2.92 bits per heavy atom. The predicted molar refractivity (Wildman–Crippen MR) is 54.3 cm³/mol. The van der Waals surface area contributed by atoms with Crippen LogP contribution in [-0.2, 0) is 0 Å². The number of nitrogens with zero attached hydrogens (tertiary/aromatic N) is 2. The fourth-order valence-electron chi connectivity index (χ4n) is 0.827. The summed E-state index contributed by atoms with van der Waals surface area (Å²) in [6.07, 6.45) is 1.09. The number of pyridine rings is 1. The zero-order chi connectivity index (χ0) is 9.84. The molecule has 0 aliphatic carbocycles. The summed E-state index contributed by atoms with van der Waals surface area (Å²) in [4.78, 5) is 7.65. The molecule has 1 rings (SSSR count). The summed E-state index contributed by atoms with van der Waals surface area (Å²) in [6, 6.07) is 3.34. The number of aliphatic imine (C=N–C) groups is 1. The molecule has 13 heavy (non-hydrogen) atoms. The molecule has 0 aliphatic heterocycles. The first-order chi connectivity index (χ1) is 6.15. The highest BCUT2D eigenvalue weighted by Crippen LogP contribution is 1.95. The van der Waals surface area contributed by atoms with Crippen LogP contribution in [0.25, 0.3) is 12.4 Å². The Kier molecular flexibility index (Phi) is 2.87. The van der Waals surface area contributed by atoms with Gasteiger partial charge in [-0.05, 0) is 11.3 Å². The van der Waals surface area contributed by atoms with Gasteiger partial charge in [-0.15, -0.1) is 0 Å². The van der Waals surface area contributed by atoms with E-state index in [2.05, 4.69) is 16.6 Å². The molecule has 1 heterocycles. The van der Waals surface area contributed by atoms with Crippen LogP contribution in [0, 0.1) is 0 Å². The Morgan fingerprint density at radius 1 is 1.62 bits per heavy atom. The monoisotopic (exact) mass is 196 g/mol. The summed E-state index contributed by atoms with van der Waals surface area (Å²) < 4.78 is 0. The lowest BCUT2D eigenvalue weighted by Crippen LogP contribution is -2.31. The van der Waals surface area contributed by atoms with Crippen molar-refractivity contribution in [1.82, 2.24) is 4.98 Å². The van der Waals surface area contributed by atoms with Crippen LogP contribution in [0.5, 0.6) is 0 Å². The van der Waals surface area contributed by atoms with Crippen LogP contribution >= 0.6 is 11.6 Å². The van der Waals surface area contributed by atoms with Crippen molar-refractivity contribution >= 4 is 30.3 Å². The summed E-state index contributed by atoms with van der Waals surface area (Å²) >= 11 is 5.67. The molecule has 1 aromatic heterocycles. The van der Waals surface area contributed by atoms with Crippen molar-refractivity contribution in [1.29, 1.82) is 0 Å². The first-order valence-corrected chi connectivity index (χ1v) is 3.88. The lowest BCUT2D eigenvalue weighted by atomic mass is 10.3. The largest absolute Gasteiger partial charge is 0.390 e. The third-order valence-corrected chi connectivity index (χ3v) is 1.61. The molecule has 0 amide bonds. The Morgan fingerprint density at radius 2 is 2.31 bits per heavy atom. The molecule has 0 aliphatic rings. The van der Waals surface area contributed by atoms with E-state index in [1.165, 1.54) is 0 Å². The van der Waals surface area contributed by atoms with E-state index in [4.69, 9.17) is 23.1 Å². The Bertz CT molecular complexity index is 438. The lowest BCUT2D eigenvalue weighted by Gasteiger charge is -1.93. The second-order valence-electron chi connectivity index (χ2n) is 2.31. The van der Waals surface area contributed by atoms with Gasteiger partial charge in [0.2, 0.25) is 0 Å². The number of hydrogen-bond donors (Lipinski definition) is 2. The lowest BCUT2D eigenvalue weighted by molar-refractivity contribution is 1.18.